The Kier molecular flexibility index (Phi) is 4.67. The molecule has 0 aromatic heterocycles. The molecule has 2 aromatic carbocycles. The summed E-state index contributed by atoms with van der Waals surface area (Å²) in [5.41, 5.74) is 0.881. The normalized spacial score (nSPS) is 11.5. The number of carbonyl (C=O) groups excluding carboxylic acids is 1. The molecule has 0 aliphatic carbocycles. The molecule has 0 saturated carbocycles. The van der Waals surface area contributed by atoms with Crippen LogP contribution in [0.4, 0.5) is 21.5 Å². The van der Waals surface area contributed by atoms with Gasteiger partial charge < -0.3 is 10.6 Å². The quantitative estimate of drug-likeness (QED) is 0.656. The van der Waals surface area contributed by atoms with Crippen molar-refractivity contribution in [3.05, 3.63) is 64.5 Å². The van der Waals surface area contributed by atoms with Gasteiger partial charge in [-0.05, 0) is 37.3 Å². The van der Waals surface area contributed by atoms with Gasteiger partial charge in [-0.3, -0.25) is 14.9 Å². The fourth-order valence-electron chi connectivity index (χ4n) is 1.81. The van der Waals surface area contributed by atoms with Gasteiger partial charge in [0.15, 0.2) is 0 Å². The molecule has 1 atom stereocenters. The number of amides is 1. The van der Waals surface area contributed by atoms with Gasteiger partial charge in [-0.15, -0.1) is 0 Å². The van der Waals surface area contributed by atoms with Gasteiger partial charge in [0.1, 0.15) is 11.9 Å². The third-order valence-corrected chi connectivity index (χ3v) is 2.95. The predicted octanol–water partition coefficient (Wildman–Crippen LogP) is 3.17. The molecule has 2 aromatic rings. The average molecular weight is 303 g/mol. The predicted molar refractivity (Wildman–Crippen MR) is 81.2 cm³/mol. The summed E-state index contributed by atoms with van der Waals surface area (Å²) in [7, 11) is 0. The maximum atomic E-state index is 12.8. The number of hydrogen-bond acceptors (Lipinski definition) is 4. The fourth-order valence-corrected chi connectivity index (χ4v) is 1.81. The monoisotopic (exact) mass is 303 g/mol. The van der Waals surface area contributed by atoms with E-state index < -0.39 is 11.0 Å². The van der Waals surface area contributed by atoms with E-state index >= 15 is 0 Å². The largest absolute Gasteiger partial charge is 0.374 e. The van der Waals surface area contributed by atoms with Crippen molar-refractivity contribution in [3.63, 3.8) is 0 Å². The van der Waals surface area contributed by atoms with Crippen LogP contribution in [-0.4, -0.2) is 16.9 Å². The van der Waals surface area contributed by atoms with E-state index in [1.54, 1.807) is 13.0 Å². The average Bonchev–Trinajstić information content (AvgIpc) is 2.49. The third-order valence-electron chi connectivity index (χ3n) is 2.95. The van der Waals surface area contributed by atoms with Crippen molar-refractivity contribution in [2.45, 2.75) is 13.0 Å². The Morgan fingerprint density at radius 1 is 1.18 bits per heavy atom. The molecule has 2 N–H and O–H groups in total. The topological polar surface area (TPSA) is 84.3 Å². The van der Waals surface area contributed by atoms with Gasteiger partial charge in [0, 0.05) is 23.5 Å². The van der Waals surface area contributed by atoms with Crippen LogP contribution >= 0.6 is 0 Å². The second-order valence-electron chi connectivity index (χ2n) is 4.67. The Bertz CT molecular complexity index is 689. The van der Waals surface area contributed by atoms with Gasteiger partial charge in [-0.25, -0.2) is 4.39 Å². The van der Waals surface area contributed by atoms with Gasteiger partial charge in [0.2, 0.25) is 5.91 Å². The smallest absolute Gasteiger partial charge is 0.271 e. The Labute approximate surface area is 126 Å². The molecule has 0 spiro atoms. The van der Waals surface area contributed by atoms with Crippen molar-refractivity contribution >= 4 is 23.0 Å². The van der Waals surface area contributed by atoms with E-state index in [9.17, 15) is 19.3 Å². The second kappa shape index (κ2) is 6.66. The minimum atomic E-state index is -0.618. The van der Waals surface area contributed by atoms with Crippen LogP contribution in [0.1, 0.15) is 6.92 Å². The minimum Gasteiger partial charge on any atom is -0.374 e. The zero-order valence-corrected chi connectivity index (χ0v) is 11.7. The second-order valence-corrected chi connectivity index (χ2v) is 4.67. The number of nitrogens with zero attached hydrogens (tertiary/aromatic N) is 1. The number of nitrogens with one attached hydrogen (secondary N) is 2. The lowest BCUT2D eigenvalue weighted by molar-refractivity contribution is -0.384. The van der Waals surface area contributed by atoms with Crippen LogP contribution in [0, 0.1) is 15.9 Å². The lowest BCUT2D eigenvalue weighted by Gasteiger charge is -2.15. The van der Waals surface area contributed by atoms with E-state index in [-0.39, 0.29) is 17.4 Å². The molecule has 0 aliphatic heterocycles. The number of benzene rings is 2. The number of halogens is 1. The number of anilines is 2. The molecule has 0 aliphatic rings. The van der Waals surface area contributed by atoms with Crippen LogP contribution in [0.15, 0.2) is 48.5 Å². The molecule has 0 fully saturated rings. The van der Waals surface area contributed by atoms with Crippen LogP contribution < -0.4 is 10.6 Å². The highest BCUT2D eigenvalue weighted by Crippen LogP contribution is 2.18. The van der Waals surface area contributed by atoms with Crippen LogP contribution in [-0.2, 0) is 4.79 Å². The number of nitro benzene ring substituents is 1. The van der Waals surface area contributed by atoms with Gasteiger partial charge in [0.05, 0.1) is 4.92 Å². The molecular formula is C15H14FN3O3. The van der Waals surface area contributed by atoms with Crippen LogP contribution in [0.25, 0.3) is 0 Å². The Morgan fingerprint density at radius 3 is 2.50 bits per heavy atom. The minimum absolute atomic E-state index is 0.0591. The summed E-state index contributed by atoms with van der Waals surface area (Å²) < 4.78 is 12.8. The molecule has 0 unspecified atom stereocenters. The van der Waals surface area contributed by atoms with E-state index in [0.29, 0.717) is 11.4 Å². The van der Waals surface area contributed by atoms with E-state index in [4.69, 9.17) is 0 Å². The molecular weight excluding hydrogens is 289 g/mol. The molecule has 22 heavy (non-hydrogen) atoms. The van der Waals surface area contributed by atoms with Crippen molar-refractivity contribution in [1.29, 1.82) is 0 Å². The van der Waals surface area contributed by atoms with Gasteiger partial charge >= 0.3 is 0 Å². The summed E-state index contributed by atoms with van der Waals surface area (Å²) in [5, 5.41) is 16.2. The van der Waals surface area contributed by atoms with Gasteiger partial charge in [-0.1, -0.05) is 6.07 Å². The maximum Gasteiger partial charge on any atom is 0.271 e. The number of rotatable bonds is 5. The van der Waals surface area contributed by atoms with Crippen molar-refractivity contribution in [2.24, 2.45) is 0 Å². The highest BCUT2D eigenvalue weighted by atomic mass is 19.1. The Morgan fingerprint density at radius 2 is 1.86 bits per heavy atom. The summed E-state index contributed by atoms with van der Waals surface area (Å²) in [6.07, 6.45) is 0. The molecule has 2 rings (SSSR count). The first-order valence-electron chi connectivity index (χ1n) is 6.53. The lowest BCUT2D eigenvalue weighted by atomic mass is 10.2. The molecule has 7 heteroatoms. The van der Waals surface area contributed by atoms with E-state index in [2.05, 4.69) is 10.6 Å². The Balaban J connectivity index is 2.00. The number of non-ortho nitro benzene ring substituents is 1. The molecule has 0 bridgehead atoms. The van der Waals surface area contributed by atoms with Crippen molar-refractivity contribution in [3.8, 4) is 0 Å². The van der Waals surface area contributed by atoms with Gasteiger partial charge in [-0.2, -0.15) is 0 Å². The first-order chi connectivity index (χ1) is 10.5. The lowest BCUT2D eigenvalue weighted by Crippen LogP contribution is -2.31. The molecule has 1 amide bonds. The van der Waals surface area contributed by atoms with Gasteiger partial charge in [0.25, 0.3) is 5.69 Å². The van der Waals surface area contributed by atoms with Crippen LogP contribution in [0.3, 0.4) is 0 Å². The van der Waals surface area contributed by atoms with Crippen molar-refractivity contribution in [2.75, 3.05) is 10.6 Å². The number of nitro groups is 1. The third kappa shape index (κ3) is 4.02. The maximum absolute atomic E-state index is 12.8. The Hall–Kier alpha value is -2.96. The van der Waals surface area contributed by atoms with E-state index in [0.717, 1.165) is 0 Å². The number of carbonyl (C=O) groups is 1. The SMILES string of the molecule is C[C@@H](Nc1cccc([N+](=O)[O-])c1)C(=O)Nc1ccc(F)cc1. The number of hydrogen-bond donors (Lipinski definition) is 2. The van der Waals surface area contributed by atoms with Crippen LogP contribution in [0.2, 0.25) is 0 Å². The zero-order valence-electron chi connectivity index (χ0n) is 11.7. The fraction of sp³-hybridized carbons (Fsp3) is 0.133. The first-order valence-corrected chi connectivity index (χ1v) is 6.53. The highest BCUT2D eigenvalue weighted by molar-refractivity contribution is 5.96. The van der Waals surface area contributed by atoms with E-state index in [1.165, 1.54) is 42.5 Å². The molecule has 0 heterocycles. The molecule has 114 valence electrons. The summed E-state index contributed by atoms with van der Waals surface area (Å²) in [4.78, 5) is 22.2. The molecule has 6 nitrogen and oxygen atoms in total. The summed E-state index contributed by atoms with van der Waals surface area (Å²) >= 11 is 0. The van der Waals surface area contributed by atoms with E-state index in [1.807, 2.05) is 0 Å². The first kappa shape index (κ1) is 15.4. The summed E-state index contributed by atoms with van der Waals surface area (Å²) in [5.74, 6) is -0.723. The standard InChI is InChI=1S/C15H14FN3O3/c1-10(15(20)18-12-7-5-11(16)6-8-12)17-13-3-2-4-14(9-13)19(21)22/h2-10,17H,1H3,(H,18,20)/t10-/m1/s1. The molecule has 0 saturated heterocycles. The highest BCUT2D eigenvalue weighted by Gasteiger charge is 2.14. The summed E-state index contributed by atoms with van der Waals surface area (Å²) in [6, 6.07) is 10.7. The van der Waals surface area contributed by atoms with Crippen molar-refractivity contribution < 1.29 is 14.1 Å². The zero-order chi connectivity index (χ0) is 16.1. The van der Waals surface area contributed by atoms with Crippen molar-refractivity contribution in [1.82, 2.24) is 0 Å². The summed E-state index contributed by atoms with van der Waals surface area (Å²) in [6.45, 7) is 1.62. The molecule has 0 radical (unpaired) electrons. The van der Waals surface area contributed by atoms with Crippen LogP contribution in [0.5, 0.6) is 0 Å².